The molecule has 1 atom stereocenters. The van der Waals surface area contributed by atoms with Crippen LogP contribution in [0.2, 0.25) is 0 Å². The summed E-state index contributed by atoms with van der Waals surface area (Å²) in [6, 6.07) is 4.24. The van der Waals surface area contributed by atoms with E-state index in [9.17, 15) is 0 Å². The van der Waals surface area contributed by atoms with E-state index in [2.05, 4.69) is 48.2 Å². The first-order chi connectivity index (χ1) is 8.62. The molecular formula is C15H25N3. The number of rotatable bonds is 4. The third-order valence-electron chi connectivity index (χ3n) is 4.26. The highest BCUT2D eigenvalue weighted by atomic mass is 15.1. The minimum Gasteiger partial charge on any atom is -0.319 e. The molecule has 2 rings (SSSR count). The van der Waals surface area contributed by atoms with E-state index in [0.717, 1.165) is 19.0 Å². The molecule has 1 N–H and O–H groups in total. The molecule has 1 aliphatic heterocycles. The maximum Gasteiger partial charge on any atom is 0.0271 e. The molecule has 1 aliphatic rings. The molecule has 2 heterocycles. The molecule has 3 heteroatoms. The van der Waals surface area contributed by atoms with Gasteiger partial charge in [-0.05, 0) is 55.6 Å². The van der Waals surface area contributed by atoms with Gasteiger partial charge in [0.1, 0.15) is 0 Å². The van der Waals surface area contributed by atoms with Crippen LogP contribution in [0.1, 0.15) is 25.8 Å². The number of hydrogen-bond donors (Lipinski definition) is 1. The molecular weight excluding hydrogens is 222 g/mol. The zero-order valence-electron chi connectivity index (χ0n) is 11.8. The summed E-state index contributed by atoms with van der Waals surface area (Å²) in [5.41, 5.74) is 1.82. The zero-order valence-corrected chi connectivity index (χ0v) is 11.8. The molecule has 18 heavy (non-hydrogen) atoms. The van der Waals surface area contributed by atoms with Crippen molar-refractivity contribution < 1.29 is 0 Å². The highest BCUT2D eigenvalue weighted by molar-refractivity contribution is 5.09. The van der Waals surface area contributed by atoms with Gasteiger partial charge in [-0.3, -0.25) is 9.88 Å². The summed E-state index contributed by atoms with van der Waals surface area (Å²) in [6.45, 7) is 9.36. The zero-order chi connectivity index (χ0) is 13.0. The van der Waals surface area contributed by atoms with Crippen LogP contribution >= 0.6 is 0 Å². The Kier molecular flexibility index (Phi) is 4.36. The van der Waals surface area contributed by atoms with Crippen molar-refractivity contribution in [3.8, 4) is 0 Å². The molecule has 0 aromatic carbocycles. The largest absolute Gasteiger partial charge is 0.319 e. The number of hydrogen-bond acceptors (Lipinski definition) is 3. The first kappa shape index (κ1) is 13.5. The summed E-state index contributed by atoms with van der Waals surface area (Å²) in [6.07, 6.45) is 5.05. The standard InChI is InChI=1S/C15H25N3/c1-15(2)6-9-18(12-14(15)10-16-3)11-13-4-7-17-8-5-13/h4-5,7-8,14,16H,6,9-12H2,1-3H3. The second-order valence-corrected chi connectivity index (χ2v) is 6.08. The van der Waals surface area contributed by atoms with Crippen LogP contribution in [0.4, 0.5) is 0 Å². The van der Waals surface area contributed by atoms with Crippen molar-refractivity contribution in [1.29, 1.82) is 0 Å². The Bertz CT molecular complexity index is 361. The lowest BCUT2D eigenvalue weighted by Crippen LogP contribution is -2.47. The molecule has 0 spiro atoms. The minimum absolute atomic E-state index is 0.456. The summed E-state index contributed by atoms with van der Waals surface area (Å²) < 4.78 is 0. The Morgan fingerprint density at radius 2 is 2.11 bits per heavy atom. The quantitative estimate of drug-likeness (QED) is 0.883. The second kappa shape index (κ2) is 5.81. The lowest BCUT2D eigenvalue weighted by molar-refractivity contribution is 0.0566. The lowest BCUT2D eigenvalue weighted by Gasteiger charge is -2.44. The number of likely N-dealkylation sites (tertiary alicyclic amines) is 1. The Balaban J connectivity index is 1.96. The van der Waals surface area contributed by atoms with Gasteiger partial charge in [-0.15, -0.1) is 0 Å². The van der Waals surface area contributed by atoms with E-state index >= 15 is 0 Å². The molecule has 1 aromatic heterocycles. The smallest absolute Gasteiger partial charge is 0.0271 e. The van der Waals surface area contributed by atoms with E-state index in [0.29, 0.717) is 5.41 Å². The van der Waals surface area contributed by atoms with Crippen molar-refractivity contribution in [1.82, 2.24) is 15.2 Å². The predicted molar refractivity (Wildman–Crippen MR) is 75.3 cm³/mol. The van der Waals surface area contributed by atoms with Gasteiger partial charge in [-0.1, -0.05) is 13.8 Å². The number of nitrogens with one attached hydrogen (secondary N) is 1. The Labute approximate surface area is 111 Å². The molecule has 0 bridgehead atoms. The van der Waals surface area contributed by atoms with Crippen LogP contribution < -0.4 is 5.32 Å². The van der Waals surface area contributed by atoms with Crippen molar-refractivity contribution in [2.45, 2.75) is 26.8 Å². The highest BCUT2D eigenvalue weighted by Crippen LogP contribution is 2.35. The highest BCUT2D eigenvalue weighted by Gasteiger charge is 2.34. The van der Waals surface area contributed by atoms with E-state index in [4.69, 9.17) is 0 Å². The molecule has 1 unspecified atom stereocenters. The van der Waals surface area contributed by atoms with Gasteiger partial charge in [-0.2, -0.15) is 0 Å². The number of pyridine rings is 1. The number of aromatic nitrogens is 1. The van der Waals surface area contributed by atoms with Crippen LogP contribution in [0.5, 0.6) is 0 Å². The number of nitrogens with zero attached hydrogens (tertiary/aromatic N) is 2. The molecule has 100 valence electrons. The van der Waals surface area contributed by atoms with Gasteiger partial charge in [0.15, 0.2) is 0 Å². The van der Waals surface area contributed by atoms with Crippen LogP contribution in [0.15, 0.2) is 24.5 Å². The Hall–Kier alpha value is -0.930. The molecule has 0 radical (unpaired) electrons. The van der Waals surface area contributed by atoms with Gasteiger partial charge in [0.05, 0.1) is 0 Å². The summed E-state index contributed by atoms with van der Waals surface area (Å²) in [5.74, 6) is 0.734. The van der Waals surface area contributed by atoms with E-state index < -0.39 is 0 Å². The number of piperidine rings is 1. The summed E-state index contributed by atoms with van der Waals surface area (Å²) in [7, 11) is 2.05. The molecule has 1 aromatic rings. The summed E-state index contributed by atoms with van der Waals surface area (Å²) >= 11 is 0. The van der Waals surface area contributed by atoms with Gasteiger partial charge in [0, 0.05) is 25.5 Å². The van der Waals surface area contributed by atoms with Crippen molar-refractivity contribution in [3.63, 3.8) is 0 Å². The fourth-order valence-corrected chi connectivity index (χ4v) is 2.78. The lowest BCUT2D eigenvalue weighted by atomic mass is 9.73. The van der Waals surface area contributed by atoms with Crippen molar-refractivity contribution in [2.75, 3.05) is 26.7 Å². The molecule has 3 nitrogen and oxygen atoms in total. The fraction of sp³-hybridized carbons (Fsp3) is 0.667. The molecule has 0 amide bonds. The summed E-state index contributed by atoms with van der Waals surface area (Å²) in [5, 5.41) is 3.34. The van der Waals surface area contributed by atoms with Gasteiger partial charge in [0.25, 0.3) is 0 Å². The van der Waals surface area contributed by atoms with Gasteiger partial charge in [0.2, 0.25) is 0 Å². The van der Waals surface area contributed by atoms with Crippen LogP contribution in [0.3, 0.4) is 0 Å². The van der Waals surface area contributed by atoms with E-state index in [1.54, 1.807) is 0 Å². The SMILES string of the molecule is CNCC1CN(Cc2ccncc2)CCC1(C)C. The van der Waals surface area contributed by atoms with Crippen LogP contribution in [-0.2, 0) is 6.54 Å². The van der Waals surface area contributed by atoms with Gasteiger partial charge < -0.3 is 5.32 Å². The van der Waals surface area contributed by atoms with Crippen LogP contribution in [0.25, 0.3) is 0 Å². The van der Waals surface area contributed by atoms with Crippen molar-refractivity contribution in [3.05, 3.63) is 30.1 Å². The molecule has 1 fully saturated rings. The third-order valence-corrected chi connectivity index (χ3v) is 4.26. The predicted octanol–water partition coefficient (Wildman–Crippen LogP) is 2.15. The third kappa shape index (κ3) is 3.30. The first-order valence-corrected chi connectivity index (χ1v) is 6.87. The average molecular weight is 247 g/mol. The summed E-state index contributed by atoms with van der Waals surface area (Å²) in [4.78, 5) is 6.65. The topological polar surface area (TPSA) is 28.2 Å². The molecule has 0 saturated carbocycles. The Morgan fingerprint density at radius 1 is 1.39 bits per heavy atom. The maximum absolute atomic E-state index is 4.08. The van der Waals surface area contributed by atoms with Crippen LogP contribution in [0, 0.1) is 11.3 Å². The monoisotopic (exact) mass is 247 g/mol. The average Bonchev–Trinajstić information content (AvgIpc) is 2.35. The van der Waals surface area contributed by atoms with E-state index in [1.807, 2.05) is 12.4 Å². The first-order valence-electron chi connectivity index (χ1n) is 6.87. The minimum atomic E-state index is 0.456. The van der Waals surface area contributed by atoms with Crippen LogP contribution in [-0.4, -0.2) is 36.6 Å². The molecule has 1 saturated heterocycles. The van der Waals surface area contributed by atoms with E-state index in [-0.39, 0.29) is 0 Å². The van der Waals surface area contributed by atoms with Crippen molar-refractivity contribution in [2.24, 2.45) is 11.3 Å². The molecule has 0 aliphatic carbocycles. The van der Waals surface area contributed by atoms with Crippen molar-refractivity contribution >= 4 is 0 Å². The second-order valence-electron chi connectivity index (χ2n) is 6.08. The van der Waals surface area contributed by atoms with Gasteiger partial charge >= 0.3 is 0 Å². The van der Waals surface area contributed by atoms with E-state index in [1.165, 1.54) is 25.1 Å². The normalized spacial score (nSPS) is 24.1. The van der Waals surface area contributed by atoms with Gasteiger partial charge in [-0.25, -0.2) is 0 Å². The maximum atomic E-state index is 4.08. The Morgan fingerprint density at radius 3 is 2.78 bits per heavy atom. The fourth-order valence-electron chi connectivity index (χ4n) is 2.78.